The smallest absolute Gasteiger partial charge is 0.357 e. The van der Waals surface area contributed by atoms with Crippen molar-refractivity contribution in [2.24, 2.45) is 0 Å². The Morgan fingerprint density at radius 3 is 1.62 bits per heavy atom. The van der Waals surface area contributed by atoms with E-state index in [1.54, 1.807) is 54.6 Å². The molecule has 0 radical (unpaired) electrons. The number of carbonyl (C=O) groups is 2. The second kappa shape index (κ2) is 8.48. The summed E-state index contributed by atoms with van der Waals surface area (Å²) in [5.41, 5.74) is 1.54. The minimum atomic E-state index is -0.528. The third-order valence-corrected chi connectivity index (χ3v) is 3.31. The molecule has 0 atom stereocenters. The number of aromatic nitrogens is 3. The van der Waals surface area contributed by atoms with Gasteiger partial charge in [-0.25, -0.2) is 19.6 Å². The summed E-state index contributed by atoms with van der Waals surface area (Å²) in [4.78, 5) is 35.9. The van der Waals surface area contributed by atoms with Crippen molar-refractivity contribution in [3.63, 3.8) is 0 Å². The Kier molecular flexibility index (Phi) is 5.61. The van der Waals surface area contributed by atoms with Crippen LogP contribution in [0, 0.1) is 0 Å². The van der Waals surface area contributed by atoms with Gasteiger partial charge >= 0.3 is 11.9 Å². The standard InChI is InChI=1S/C19H15N3O4/c23-18(16-8-1-3-10-20-16)25-12-14-6-5-7-15(22-14)13-26-19(24)17-9-2-4-11-21-17/h1-11H,12-13H2. The Bertz CT molecular complexity index is 815. The molecular formula is C19H15N3O4. The summed E-state index contributed by atoms with van der Waals surface area (Å²) in [5.74, 6) is -1.06. The van der Waals surface area contributed by atoms with E-state index in [4.69, 9.17) is 9.47 Å². The second-order valence-corrected chi connectivity index (χ2v) is 5.20. The fourth-order valence-electron chi connectivity index (χ4n) is 2.08. The van der Waals surface area contributed by atoms with Gasteiger partial charge in [0.1, 0.15) is 24.6 Å². The number of hydrogen-bond donors (Lipinski definition) is 0. The lowest BCUT2D eigenvalue weighted by Crippen LogP contribution is -2.10. The lowest BCUT2D eigenvalue weighted by atomic mass is 10.3. The molecule has 0 unspecified atom stereocenters. The van der Waals surface area contributed by atoms with E-state index in [1.807, 2.05) is 0 Å². The van der Waals surface area contributed by atoms with Gasteiger partial charge in [-0.2, -0.15) is 0 Å². The van der Waals surface area contributed by atoms with Crippen LogP contribution in [-0.2, 0) is 22.7 Å². The van der Waals surface area contributed by atoms with Crippen LogP contribution in [0.15, 0.2) is 67.0 Å². The number of hydrogen-bond acceptors (Lipinski definition) is 7. The van der Waals surface area contributed by atoms with Crippen LogP contribution in [-0.4, -0.2) is 26.9 Å². The third kappa shape index (κ3) is 4.70. The largest absolute Gasteiger partial charge is 0.454 e. The summed E-state index contributed by atoms with van der Waals surface area (Å²) in [6.45, 7) is -0.00509. The summed E-state index contributed by atoms with van der Waals surface area (Å²) in [6, 6.07) is 15.2. The van der Waals surface area contributed by atoms with Crippen LogP contribution in [0.25, 0.3) is 0 Å². The summed E-state index contributed by atoms with van der Waals surface area (Å²) in [5, 5.41) is 0. The Morgan fingerprint density at radius 1 is 0.692 bits per heavy atom. The normalized spacial score (nSPS) is 10.2. The molecule has 0 saturated heterocycles. The Labute approximate surface area is 149 Å². The van der Waals surface area contributed by atoms with Gasteiger partial charge in [-0.1, -0.05) is 18.2 Å². The maximum absolute atomic E-state index is 11.9. The average Bonchev–Trinajstić information content (AvgIpc) is 2.72. The first-order valence-electron chi connectivity index (χ1n) is 7.83. The number of pyridine rings is 3. The molecule has 3 heterocycles. The van der Waals surface area contributed by atoms with Crippen LogP contribution < -0.4 is 0 Å². The molecule has 3 rings (SSSR count). The Morgan fingerprint density at radius 2 is 1.19 bits per heavy atom. The molecule has 0 aliphatic carbocycles. The van der Waals surface area contributed by atoms with Gasteiger partial charge in [-0.15, -0.1) is 0 Å². The topological polar surface area (TPSA) is 91.3 Å². The van der Waals surface area contributed by atoms with Crippen molar-refractivity contribution in [2.75, 3.05) is 0 Å². The highest BCUT2D eigenvalue weighted by atomic mass is 16.5. The van der Waals surface area contributed by atoms with Gasteiger partial charge in [0.2, 0.25) is 0 Å². The predicted octanol–water partition coefficient (Wildman–Crippen LogP) is 2.59. The first kappa shape index (κ1) is 17.2. The van der Waals surface area contributed by atoms with E-state index in [0.717, 1.165) is 0 Å². The van der Waals surface area contributed by atoms with Crippen LogP contribution in [0.5, 0.6) is 0 Å². The van der Waals surface area contributed by atoms with Crippen molar-refractivity contribution in [3.05, 3.63) is 89.8 Å². The molecule has 0 amide bonds. The number of esters is 2. The molecule has 0 bridgehead atoms. The van der Waals surface area contributed by atoms with Crippen LogP contribution in [0.2, 0.25) is 0 Å². The summed E-state index contributed by atoms with van der Waals surface area (Å²) >= 11 is 0. The van der Waals surface area contributed by atoms with Crippen molar-refractivity contribution in [1.29, 1.82) is 0 Å². The van der Waals surface area contributed by atoms with Gasteiger partial charge in [0.15, 0.2) is 0 Å². The molecule has 7 heteroatoms. The highest BCUT2D eigenvalue weighted by Gasteiger charge is 2.10. The Balaban J connectivity index is 1.55. The van der Waals surface area contributed by atoms with Gasteiger partial charge in [0, 0.05) is 12.4 Å². The quantitative estimate of drug-likeness (QED) is 0.632. The zero-order valence-corrected chi connectivity index (χ0v) is 13.7. The van der Waals surface area contributed by atoms with Gasteiger partial charge in [-0.05, 0) is 36.4 Å². The first-order valence-corrected chi connectivity index (χ1v) is 7.83. The zero-order chi connectivity index (χ0) is 18.2. The maximum Gasteiger partial charge on any atom is 0.357 e. The van der Waals surface area contributed by atoms with E-state index in [9.17, 15) is 9.59 Å². The summed E-state index contributed by atoms with van der Waals surface area (Å²) < 4.78 is 10.4. The van der Waals surface area contributed by atoms with Gasteiger partial charge in [0.05, 0.1) is 11.4 Å². The molecule has 0 saturated carbocycles. The van der Waals surface area contributed by atoms with E-state index in [0.29, 0.717) is 11.4 Å². The molecule has 130 valence electrons. The van der Waals surface area contributed by atoms with E-state index >= 15 is 0 Å². The summed E-state index contributed by atoms with van der Waals surface area (Å²) in [6.07, 6.45) is 3.04. The Hall–Kier alpha value is -3.61. The SMILES string of the molecule is O=C(OCc1cccc(COC(=O)c2ccccn2)n1)c1ccccn1. The lowest BCUT2D eigenvalue weighted by molar-refractivity contribution is 0.0456. The molecule has 0 aromatic carbocycles. The fourth-order valence-corrected chi connectivity index (χ4v) is 2.08. The summed E-state index contributed by atoms with van der Waals surface area (Å²) in [7, 11) is 0. The van der Waals surface area contributed by atoms with Crippen LogP contribution in [0.3, 0.4) is 0 Å². The second-order valence-electron chi connectivity index (χ2n) is 5.20. The van der Waals surface area contributed by atoms with Crippen molar-refractivity contribution < 1.29 is 19.1 Å². The molecule has 3 aromatic rings. The minimum absolute atomic E-state index is 0.00254. The number of ether oxygens (including phenoxy) is 2. The molecule has 0 aliphatic heterocycles. The van der Waals surface area contributed by atoms with Crippen LogP contribution >= 0.6 is 0 Å². The van der Waals surface area contributed by atoms with Crippen molar-refractivity contribution in [1.82, 2.24) is 15.0 Å². The van der Waals surface area contributed by atoms with Gasteiger partial charge in [0.25, 0.3) is 0 Å². The molecule has 0 aliphatic rings. The van der Waals surface area contributed by atoms with Crippen LogP contribution in [0.4, 0.5) is 0 Å². The molecular weight excluding hydrogens is 334 g/mol. The predicted molar refractivity (Wildman–Crippen MR) is 91.0 cm³/mol. The van der Waals surface area contributed by atoms with E-state index in [2.05, 4.69) is 15.0 Å². The van der Waals surface area contributed by atoms with Crippen molar-refractivity contribution in [2.45, 2.75) is 13.2 Å². The average molecular weight is 349 g/mol. The molecule has 0 spiro atoms. The number of carbonyl (C=O) groups excluding carboxylic acids is 2. The van der Waals surface area contributed by atoms with Crippen molar-refractivity contribution in [3.8, 4) is 0 Å². The minimum Gasteiger partial charge on any atom is -0.454 e. The molecule has 26 heavy (non-hydrogen) atoms. The lowest BCUT2D eigenvalue weighted by Gasteiger charge is -2.07. The maximum atomic E-state index is 11.9. The van der Waals surface area contributed by atoms with E-state index in [1.165, 1.54) is 12.4 Å². The highest BCUT2D eigenvalue weighted by molar-refractivity contribution is 5.87. The molecule has 0 N–H and O–H groups in total. The third-order valence-electron chi connectivity index (χ3n) is 3.31. The van der Waals surface area contributed by atoms with Gasteiger partial charge in [-0.3, -0.25) is 4.98 Å². The number of nitrogens with zero attached hydrogens (tertiary/aromatic N) is 3. The van der Waals surface area contributed by atoms with E-state index < -0.39 is 11.9 Å². The van der Waals surface area contributed by atoms with E-state index in [-0.39, 0.29) is 24.6 Å². The first-order chi connectivity index (χ1) is 12.7. The molecule has 3 aromatic heterocycles. The molecule has 7 nitrogen and oxygen atoms in total. The van der Waals surface area contributed by atoms with Gasteiger partial charge < -0.3 is 9.47 Å². The highest BCUT2D eigenvalue weighted by Crippen LogP contribution is 2.06. The fraction of sp³-hybridized carbons (Fsp3) is 0.105. The molecule has 0 fully saturated rings. The van der Waals surface area contributed by atoms with Crippen molar-refractivity contribution >= 4 is 11.9 Å². The zero-order valence-electron chi connectivity index (χ0n) is 13.7. The number of rotatable bonds is 6. The van der Waals surface area contributed by atoms with Crippen LogP contribution in [0.1, 0.15) is 32.4 Å². The monoisotopic (exact) mass is 349 g/mol.